The molecule has 6 aromatic rings. The maximum Gasteiger partial charge on any atom is 0.338 e. The van der Waals surface area contributed by atoms with Crippen LogP contribution in [0.4, 0.5) is 8.78 Å². The fourth-order valence-corrected chi connectivity index (χ4v) is 6.84. The topological polar surface area (TPSA) is 171 Å². The van der Waals surface area contributed by atoms with Gasteiger partial charge in [0.2, 0.25) is 11.6 Å². The van der Waals surface area contributed by atoms with Crippen molar-refractivity contribution >= 4 is 5.97 Å². The van der Waals surface area contributed by atoms with Crippen LogP contribution in [-0.2, 0) is 32.5 Å². The van der Waals surface area contributed by atoms with Crippen LogP contribution in [0.3, 0.4) is 0 Å². The van der Waals surface area contributed by atoms with E-state index in [1.54, 1.807) is 33.6 Å². The Morgan fingerprint density at radius 3 is 1.63 bits per heavy atom. The van der Waals surface area contributed by atoms with E-state index in [1.165, 1.54) is 24.3 Å². The third-order valence-corrected chi connectivity index (χ3v) is 9.12. The van der Waals surface area contributed by atoms with Gasteiger partial charge in [-0.2, -0.15) is 0 Å². The molecule has 15 heteroatoms. The zero-order chi connectivity index (χ0) is 36.0. The van der Waals surface area contributed by atoms with E-state index in [9.17, 15) is 23.8 Å². The van der Waals surface area contributed by atoms with Crippen molar-refractivity contribution in [3.05, 3.63) is 93.8 Å². The first-order valence-electron chi connectivity index (χ1n) is 16.6. The second-order valence-corrected chi connectivity index (χ2v) is 13.0. The minimum absolute atomic E-state index is 0.114. The summed E-state index contributed by atoms with van der Waals surface area (Å²) in [5.74, 6) is -0.542. The first-order valence-corrected chi connectivity index (χ1v) is 16.6. The van der Waals surface area contributed by atoms with Gasteiger partial charge in [0, 0.05) is 29.9 Å². The SMILES string of the molecule is CC(C)c1nc2c(c(-c3ccc(F)cc3)c1C(=O)O)CCn1nnnc1-2.CC(C)c1nc2c(c(-c3ccc(F)cc3)c1CO)CCn1nnnc1-2. The molecule has 0 atom stereocenters. The van der Waals surface area contributed by atoms with E-state index in [0.29, 0.717) is 60.1 Å². The lowest BCUT2D eigenvalue weighted by Gasteiger charge is -2.24. The van der Waals surface area contributed by atoms with Crippen molar-refractivity contribution in [2.75, 3.05) is 0 Å². The van der Waals surface area contributed by atoms with Crippen LogP contribution in [0.5, 0.6) is 0 Å². The van der Waals surface area contributed by atoms with Gasteiger partial charge in [-0.15, -0.1) is 10.2 Å². The number of hydrogen-bond donors (Lipinski definition) is 2. The predicted molar refractivity (Wildman–Crippen MR) is 181 cm³/mol. The lowest BCUT2D eigenvalue weighted by atomic mass is 9.87. The summed E-state index contributed by atoms with van der Waals surface area (Å²) in [4.78, 5) is 21.5. The van der Waals surface area contributed by atoms with E-state index < -0.39 is 5.97 Å². The summed E-state index contributed by atoms with van der Waals surface area (Å²) in [6.07, 6.45) is 1.25. The number of carbonyl (C=O) groups is 1. The summed E-state index contributed by atoms with van der Waals surface area (Å²) < 4.78 is 30.2. The minimum Gasteiger partial charge on any atom is -0.478 e. The minimum atomic E-state index is -1.05. The molecule has 4 aromatic heterocycles. The van der Waals surface area contributed by atoms with Gasteiger partial charge in [-0.3, -0.25) is 0 Å². The second kappa shape index (κ2) is 13.5. The summed E-state index contributed by atoms with van der Waals surface area (Å²) in [6, 6.07) is 12.2. The standard InChI is InChI=1S/C18H16FN5O2.C18H18FN5O/c1-9(2)15-14(18(25)26)13(10-3-5-11(19)6-4-10)12-7-8-24-17(16(12)20-15)21-22-23-24;1-10(2)16-14(9-25)15(11-3-5-12(19)6-4-11)13-7-8-24-18(17(13)20-16)21-22-23-24/h3-6,9H,7-8H2,1-2H3,(H,25,26);3-6,10,25H,7-9H2,1-2H3. The molecule has 2 aromatic carbocycles. The van der Waals surface area contributed by atoms with Gasteiger partial charge in [0.25, 0.3) is 0 Å². The van der Waals surface area contributed by atoms with Gasteiger partial charge in [0.05, 0.1) is 17.9 Å². The van der Waals surface area contributed by atoms with Crippen LogP contribution in [-0.4, -0.2) is 66.6 Å². The summed E-state index contributed by atoms with van der Waals surface area (Å²) in [5.41, 5.74) is 8.36. The van der Waals surface area contributed by atoms with Gasteiger partial charge in [0.15, 0.2) is 0 Å². The Bertz CT molecular complexity index is 2270. The Labute approximate surface area is 291 Å². The van der Waals surface area contributed by atoms with Crippen LogP contribution in [0.1, 0.15) is 78.0 Å². The Morgan fingerprint density at radius 2 is 1.18 bits per heavy atom. The van der Waals surface area contributed by atoms with Gasteiger partial charge >= 0.3 is 5.97 Å². The third kappa shape index (κ3) is 6.03. The summed E-state index contributed by atoms with van der Waals surface area (Å²) in [7, 11) is 0. The highest BCUT2D eigenvalue weighted by molar-refractivity contribution is 5.99. The van der Waals surface area contributed by atoms with Crippen LogP contribution in [0.2, 0.25) is 0 Å². The van der Waals surface area contributed by atoms with E-state index in [4.69, 9.17) is 4.98 Å². The molecular formula is C36H34F2N10O3. The lowest BCUT2D eigenvalue weighted by Crippen LogP contribution is -2.19. The molecule has 0 unspecified atom stereocenters. The molecular weight excluding hydrogens is 658 g/mol. The Balaban J connectivity index is 0.000000159. The van der Waals surface area contributed by atoms with Gasteiger partial charge in [-0.05, 0) is 97.6 Å². The first-order chi connectivity index (χ1) is 24.6. The highest BCUT2D eigenvalue weighted by atomic mass is 19.1. The molecule has 0 bridgehead atoms. The largest absolute Gasteiger partial charge is 0.478 e. The highest BCUT2D eigenvalue weighted by Crippen LogP contribution is 2.41. The van der Waals surface area contributed by atoms with Gasteiger partial charge in [0.1, 0.15) is 23.0 Å². The number of rotatable bonds is 6. The van der Waals surface area contributed by atoms with Crippen molar-refractivity contribution in [1.82, 2.24) is 50.4 Å². The molecule has 0 fully saturated rings. The Kier molecular flexibility index (Phi) is 8.89. The molecule has 8 rings (SSSR count). The fraction of sp³-hybridized carbons (Fsp3) is 0.306. The van der Waals surface area contributed by atoms with Crippen molar-refractivity contribution in [1.29, 1.82) is 0 Å². The molecule has 51 heavy (non-hydrogen) atoms. The molecule has 0 saturated heterocycles. The van der Waals surface area contributed by atoms with Gasteiger partial charge in [-0.1, -0.05) is 52.0 Å². The van der Waals surface area contributed by atoms with Crippen LogP contribution < -0.4 is 0 Å². The molecule has 2 N–H and O–H groups in total. The number of carboxylic acids is 1. The zero-order valence-electron chi connectivity index (χ0n) is 28.3. The van der Waals surface area contributed by atoms with Gasteiger partial charge < -0.3 is 10.2 Å². The summed E-state index contributed by atoms with van der Waals surface area (Å²) in [6.45, 7) is 8.92. The monoisotopic (exact) mass is 692 g/mol. The number of hydrogen-bond acceptors (Lipinski definition) is 10. The van der Waals surface area contributed by atoms with Crippen molar-refractivity contribution in [3.63, 3.8) is 0 Å². The summed E-state index contributed by atoms with van der Waals surface area (Å²) >= 11 is 0. The quantitative estimate of drug-likeness (QED) is 0.222. The smallest absolute Gasteiger partial charge is 0.338 e. The number of aliphatic hydroxyl groups is 1. The van der Waals surface area contributed by atoms with Gasteiger partial charge in [-0.25, -0.2) is 32.9 Å². The van der Waals surface area contributed by atoms with E-state index >= 15 is 0 Å². The number of aliphatic hydroxyl groups excluding tert-OH is 1. The predicted octanol–water partition coefficient (Wildman–Crippen LogP) is 5.63. The number of aryl methyl sites for hydroxylation is 2. The number of benzene rings is 2. The average Bonchev–Trinajstić information content (AvgIpc) is 3.81. The number of pyridine rings is 2. The number of carboxylic acid groups (broad SMARTS) is 1. The lowest BCUT2D eigenvalue weighted by molar-refractivity contribution is 0.0695. The first kappa shape index (κ1) is 33.7. The van der Waals surface area contributed by atoms with Crippen LogP contribution in [0, 0.1) is 11.6 Å². The van der Waals surface area contributed by atoms with Crippen LogP contribution >= 0.6 is 0 Å². The molecule has 13 nitrogen and oxygen atoms in total. The van der Waals surface area contributed by atoms with E-state index in [1.807, 2.05) is 27.7 Å². The molecule has 0 spiro atoms. The van der Waals surface area contributed by atoms with Crippen molar-refractivity contribution < 1.29 is 23.8 Å². The highest BCUT2D eigenvalue weighted by Gasteiger charge is 2.32. The molecule has 0 radical (unpaired) electrons. The van der Waals surface area contributed by atoms with E-state index in [2.05, 4.69) is 36.0 Å². The van der Waals surface area contributed by atoms with Crippen molar-refractivity contribution in [2.24, 2.45) is 0 Å². The number of nitrogens with zero attached hydrogens (tertiary/aromatic N) is 10. The Morgan fingerprint density at radius 1 is 0.725 bits per heavy atom. The molecule has 2 aliphatic heterocycles. The average molecular weight is 693 g/mol. The second-order valence-electron chi connectivity index (χ2n) is 13.0. The summed E-state index contributed by atoms with van der Waals surface area (Å²) in [5, 5.41) is 43.6. The number of fused-ring (bicyclic) bond motifs is 6. The number of tetrazole rings is 2. The fourth-order valence-electron chi connectivity index (χ4n) is 6.84. The molecule has 0 saturated carbocycles. The number of aromatic carboxylic acids is 1. The molecule has 6 heterocycles. The molecule has 260 valence electrons. The number of halogens is 2. The number of aromatic nitrogens is 10. The normalized spacial score (nSPS) is 12.9. The van der Waals surface area contributed by atoms with E-state index in [-0.39, 0.29) is 35.6 Å². The van der Waals surface area contributed by atoms with Crippen molar-refractivity contribution in [2.45, 2.75) is 72.1 Å². The van der Waals surface area contributed by atoms with E-state index in [0.717, 1.165) is 39.2 Å². The maximum atomic E-state index is 13.4. The van der Waals surface area contributed by atoms with Crippen molar-refractivity contribution in [3.8, 4) is 45.3 Å². The van der Waals surface area contributed by atoms with Crippen LogP contribution in [0.25, 0.3) is 45.3 Å². The van der Waals surface area contributed by atoms with Crippen LogP contribution in [0.15, 0.2) is 48.5 Å². The molecule has 0 amide bonds. The third-order valence-electron chi connectivity index (χ3n) is 9.12. The molecule has 0 aliphatic carbocycles. The Hall–Kier alpha value is -5.83. The zero-order valence-corrected chi connectivity index (χ0v) is 28.3. The molecule has 2 aliphatic rings. The maximum absolute atomic E-state index is 13.4.